The molecule has 0 aliphatic heterocycles. The van der Waals surface area contributed by atoms with Crippen LogP contribution in [0.3, 0.4) is 0 Å². The molecule has 0 aliphatic carbocycles. The average Bonchev–Trinajstić information content (AvgIpc) is 2.76. The molecule has 2 rings (SSSR count). The summed E-state index contributed by atoms with van der Waals surface area (Å²) in [6.45, 7) is 1.92. The Labute approximate surface area is 93.1 Å². The van der Waals surface area contributed by atoms with E-state index in [9.17, 15) is 4.79 Å². The number of aromatic nitrogens is 2. The van der Waals surface area contributed by atoms with Gasteiger partial charge in [-0.15, -0.1) is 0 Å². The molecule has 0 bridgehead atoms. The molecule has 0 saturated carbocycles. The van der Waals surface area contributed by atoms with E-state index in [1.807, 2.05) is 19.1 Å². The first-order chi connectivity index (χ1) is 7.72. The Kier molecular flexibility index (Phi) is 2.87. The Morgan fingerprint density at radius 3 is 3.19 bits per heavy atom. The molecule has 4 N–H and O–H groups in total. The molecule has 1 unspecified atom stereocenters. The van der Waals surface area contributed by atoms with Crippen LogP contribution in [0.25, 0.3) is 11.0 Å². The van der Waals surface area contributed by atoms with Gasteiger partial charge in [0.05, 0.1) is 23.6 Å². The largest absolute Gasteiger partial charge is 0.345 e. The maximum absolute atomic E-state index is 11.9. The molecule has 5 nitrogen and oxygen atoms in total. The minimum atomic E-state index is -0.318. The predicted octanol–water partition coefficient (Wildman–Crippen LogP) is 0.987. The summed E-state index contributed by atoms with van der Waals surface area (Å²) in [6.07, 6.45) is 1.95. The summed E-state index contributed by atoms with van der Waals surface area (Å²) >= 11 is 0. The molecule has 0 spiro atoms. The lowest BCUT2D eigenvalue weighted by Crippen LogP contribution is -2.40. The van der Waals surface area contributed by atoms with Crippen molar-refractivity contribution in [2.24, 2.45) is 5.73 Å². The topological polar surface area (TPSA) is 83.8 Å². The number of nitrogens with one attached hydrogen (secondary N) is 2. The molecule has 84 valence electrons. The van der Waals surface area contributed by atoms with Gasteiger partial charge in [-0.1, -0.05) is 13.0 Å². The second-order valence-electron chi connectivity index (χ2n) is 3.59. The van der Waals surface area contributed by atoms with E-state index in [1.54, 1.807) is 12.4 Å². The molecule has 5 heteroatoms. The minimum Gasteiger partial charge on any atom is -0.345 e. The highest BCUT2D eigenvalue weighted by Crippen LogP contribution is 2.14. The van der Waals surface area contributed by atoms with Crippen LogP contribution >= 0.6 is 0 Å². The third kappa shape index (κ3) is 1.90. The van der Waals surface area contributed by atoms with Crippen molar-refractivity contribution in [3.8, 4) is 0 Å². The van der Waals surface area contributed by atoms with Gasteiger partial charge in [0.1, 0.15) is 5.52 Å². The van der Waals surface area contributed by atoms with Gasteiger partial charge in [-0.2, -0.15) is 0 Å². The highest BCUT2D eigenvalue weighted by molar-refractivity contribution is 6.04. The number of hydrogen-bond donors (Lipinski definition) is 3. The van der Waals surface area contributed by atoms with Crippen molar-refractivity contribution in [3.63, 3.8) is 0 Å². The fourth-order valence-electron chi connectivity index (χ4n) is 1.50. The Balaban J connectivity index is 2.32. The van der Waals surface area contributed by atoms with Crippen LogP contribution in [0.1, 0.15) is 23.7 Å². The molecule has 2 aromatic rings. The maximum atomic E-state index is 11.9. The number of carbonyl (C=O) groups is 1. The lowest BCUT2D eigenvalue weighted by molar-refractivity contribution is 0.0938. The first kappa shape index (κ1) is 10.6. The van der Waals surface area contributed by atoms with Crippen LogP contribution in [-0.2, 0) is 0 Å². The molecule has 0 radical (unpaired) electrons. The number of nitrogens with zero attached hydrogens (tertiary/aromatic N) is 1. The van der Waals surface area contributed by atoms with Crippen molar-refractivity contribution in [1.29, 1.82) is 0 Å². The van der Waals surface area contributed by atoms with Crippen molar-refractivity contribution >= 4 is 16.9 Å². The molecular formula is C11H14N4O. The fourth-order valence-corrected chi connectivity index (χ4v) is 1.50. The van der Waals surface area contributed by atoms with Gasteiger partial charge in [0.2, 0.25) is 0 Å². The maximum Gasteiger partial charge on any atom is 0.254 e. The molecule has 0 aliphatic rings. The predicted molar refractivity (Wildman–Crippen MR) is 61.8 cm³/mol. The lowest BCUT2D eigenvalue weighted by Gasteiger charge is -2.11. The number of benzene rings is 1. The molecular weight excluding hydrogens is 204 g/mol. The van der Waals surface area contributed by atoms with E-state index in [-0.39, 0.29) is 12.1 Å². The second-order valence-corrected chi connectivity index (χ2v) is 3.59. The number of H-pyrrole nitrogens is 1. The lowest BCUT2D eigenvalue weighted by atomic mass is 10.1. The normalized spacial score (nSPS) is 12.6. The number of aromatic amines is 1. The van der Waals surface area contributed by atoms with Gasteiger partial charge < -0.3 is 16.0 Å². The summed E-state index contributed by atoms with van der Waals surface area (Å²) in [7, 11) is 0. The van der Waals surface area contributed by atoms with Crippen LogP contribution in [-0.4, -0.2) is 22.0 Å². The molecule has 1 amide bonds. The first-order valence-corrected chi connectivity index (χ1v) is 5.21. The Bertz CT molecular complexity index is 505. The number of amides is 1. The number of imidazole rings is 1. The van der Waals surface area contributed by atoms with E-state index in [1.165, 1.54) is 0 Å². The number of carbonyl (C=O) groups excluding carboxylic acids is 1. The number of para-hydroxylation sites is 1. The second kappa shape index (κ2) is 4.32. The van der Waals surface area contributed by atoms with Crippen LogP contribution in [0.2, 0.25) is 0 Å². The highest BCUT2D eigenvalue weighted by Gasteiger charge is 2.12. The summed E-state index contributed by atoms with van der Waals surface area (Å²) in [5.74, 6) is -0.188. The summed E-state index contributed by atoms with van der Waals surface area (Å²) < 4.78 is 0. The third-order valence-electron chi connectivity index (χ3n) is 2.45. The zero-order valence-electron chi connectivity index (χ0n) is 9.03. The van der Waals surface area contributed by atoms with Crippen molar-refractivity contribution in [3.05, 3.63) is 30.1 Å². The summed E-state index contributed by atoms with van der Waals surface area (Å²) in [5.41, 5.74) is 7.73. The van der Waals surface area contributed by atoms with E-state index < -0.39 is 0 Å². The number of nitrogens with two attached hydrogens (primary N) is 1. The molecule has 1 aromatic carbocycles. The van der Waals surface area contributed by atoms with Crippen molar-refractivity contribution in [1.82, 2.24) is 15.3 Å². The standard InChI is InChI=1S/C11H14N4O/c1-2-9(12)15-11(16)7-4-3-5-8-10(7)14-6-13-8/h3-6,9H,2,12H2,1H3,(H,13,14)(H,15,16). The molecule has 1 heterocycles. The van der Waals surface area contributed by atoms with Gasteiger partial charge in [0.25, 0.3) is 5.91 Å². The molecule has 16 heavy (non-hydrogen) atoms. The molecule has 1 atom stereocenters. The molecule has 0 fully saturated rings. The van der Waals surface area contributed by atoms with Gasteiger partial charge in [-0.25, -0.2) is 4.98 Å². The highest BCUT2D eigenvalue weighted by atomic mass is 16.1. The van der Waals surface area contributed by atoms with Crippen LogP contribution in [0.4, 0.5) is 0 Å². The minimum absolute atomic E-state index is 0.188. The Morgan fingerprint density at radius 2 is 2.44 bits per heavy atom. The van der Waals surface area contributed by atoms with E-state index in [0.717, 1.165) is 5.52 Å². The molecule has 0 saturated heterocycles. The van der Waals surface area contributed by atoms with E-state index in [4.69, 9.17) is 5.73 Å². The number of hydrogen-bond acceptors (Lipinski definition) is 3. The number of rotatable bonds is 3. The van der Waals surface area contributed by atoms with Crippen LogP contribution in [0, 0.1) is 0 Å². The first-order valence-electron chi connectivity index (χ1n) is 5.21. The van der Waals surface area contributed by atoms with Crippen molar-refractivity contribution in [2.45, 2.75) is 19.5 Å². The van der Waals surface area contributed by atoms with Crippen LogP contribution in [0.15, 0.2) is 24.5 Å². The zero-order chi connectivity index (χ0) is 11.5. The van der Waals surface area contributed by atoms with Gasteiger partial charge in [-0.3, -0.25) is 4.79 Å². The smallest absolute Gasteiger partial charge is 0.254 e. The number of fused-ring (bicyclic) bond motifs is 1. The SMILES string of the molecule is CCC(N)NC(=O)c1cccc2[nH]cnc12. The van der Waals surface area contributed by atoms with Crippen molar-refractivity contribution in [2.75, 3.05) is 0 Å². The average molecular weight is 218 g/mol. The van der Waals surface area contributed by atoms with E-state index >= 15 is 0 Å². The quantitative estimate of drug-likeness (QED) is 0.672. The van der Waals surface area contributed by atoms with Gasteiger partial charge in [-0.05, 0) is 18.6 Å². The summed E-state index contributed by atoms with van der Waals surface area (Å²) in [4.78, 5) is 19.0. The van der Waals surface area contributed by atoms with Crippen LogP contribution in [0.5, 0.6) is 0 Å². The van der Waals surface area contributed by atoms with E-state index in [0.29, 0.717) is 17.5 Å². The van der Waals surface area contributed by atoms with Gasteiger partial charge in [0.15, 0.2) is 0 Å². The van der Waals surface area contributed by atoms with Crippen LogP contribution < -0.4 is 11.1 Å². The third-order valence-corrected chi connectivity index (χ3v) is 2.45. The van der Waals surface area contributed by atoms with Gasteiger partial charge >= 0.3 is 0 Å². The fraction of sp³-hybridized carbons (Fsp3) is 0.273. The Hall–Kier alpha value is -1.88. The van der Waals surface area contributed by atoms with E-state index in [2.05, 4.69) is 15.3 Å². The monoisotopic (exact) mass is 218 g/mol. The zero-order valence-corrected chi connectivity index (χ0v) is 9.03. The van der Waals surface area contributed by atoms with Gasteiger partial charge in [0, 0.05) is 0 Å². The summed E-state index contributed by atoms with van der Waals surface area (Å²) in [5, 5.41) is 2.71. The summed E-state index contributed by atoms with van der Waals surface area (Å²) in [6, 6.07) is 5.42. The Morgan fingerprint density at radius 1 is 1.62 bits per heavy atom. The molecule has 1 aromatic heterocycles. The van der Waals surface area contributed by atoms with Crippen molar-refractivity contribution < 1.29 is 4.79 Å².